The van der Waals surface area contributed by atoms with E-state index in [1.807, 2.05) is 0 Å². The van der Waals surface area contributed by atoms with Crippen molar-refractivity contribution < 1.29 is 22.0 Å². The highest BCUT2D eigenvalue weighted by Crippen LogP contribution is 2.34. The molecule has 8 nitrogen and oxygen atoms in total. The minimum absolute atomic E-state index is 0.267. The van der Waals surface area contributed by atoms with Crippen LogP contribution in [0.5, 0.6) is 0 Å². The summed E-state index contributed by atoms with van der Waals surface area (Å²) in [6.07, 6.45) is 5.46. The molecule has 0 atom stereocenters. The van der Waals surface area contributed by atoms with Gasteiger partial charge < -0.3 is 9.73 Å². The predicted octanol–water partition coefficient (Wildman–Crippen LogP) is 3.13. The Morgan fingerprint density at radius 2 is 1.90 bits per heavy atom. The molecule has 0 saturated carbocycles. The molecule has 3 heterocycles. The van der Waals surface area contributed by atoms with E-state index in [2.05, 4.69) is 15.1 Å². The monoisotopic (exact) mass is 428 g/mol. The number of carbonyl (C=O) groups excluding carboxylic acids is 1. The molecule has 0 unspecified atom stereocenters. The molecule has 1 amide bonds. The first-order chi connectivity index (χ1) is 14.3. The van der Waals surface area contributed by atoms with Crippen molar-refractivity contribution in [2.45, 2.75) is 0 Å². The van der Waals surface area contributed by atoms with Gasteiger partial charge >= 0.3 is 0 Å². The van der Waals surface area contributed by atoms with Gasteiger partial charge in [0.1, 0.15) is 11.5 Å². The number of hydrogen-bond acceptors (Lipinski definition) is 5. The van der Waals surface area contributed by atoms with Gasteiger partial charge in [-0.05, 0) is 36.4 Å². The van der Waals surface area contributed by atoms with Crippen molar-refractivity contribution in [2.75, 3.05) is 18.0 Å². The van der Waals surface area contributed by atoms with Crippen LogP contribution in [0.25, 0.3) is 27.9 Å². The summed E-state index contributed by atoms with van der Waals surface area (Å²) in [6.45, 7) is 0. The van der Waals surface area contributed by atoms with Crippen LogP contribution >= 0.6 is 0 Å². The Hall–Kier alpha value is -3.66. The third-order valence-corrected chi connectivity index (χ3v) is 5.06. The van der Waals surface area contributed by atoms with Gasteiger partial charge in [-0.1, -0.05) is 0 Å². The van der Waals surface area contributed by atoms with E-state index in [1.54, 1.807) is 12.1 Å². The molecular formula is C20H17FN4O4S. The molecule has 0 spiro atoms. The van der Waals surface area contributed by atoms with Gasteiger partial charge in [0.2, 0.25) is 10.0 Å². The van der Waals surface area contributed by atoms with Crippen LogP contribution in [0.3, 0.4) is 0 Å². The maximum atomic E-state index is 13.4. The van der Waals surface area contributed by atoms with E-state index in [4.69, 9.17) is 4.42 Å². The fourth-order valence-electron chi connectivity index (χ4n) is 3.19. The van der Waals surface area contributed by atoms with Crippen molar-refractivity contribution in [3.63, 3.8) is 0 Å². The molecule has 0 saturated heterocycles. The van der Waals surface area contributed by atoms with Crippen molar-refractivity contribution in [2.24, 2.45) is 0 Å². The van der Waals surface area contributed by atoms with E-state index >= 15 is 0 Å². The molecule has 4 rings (SSSR count). The fourth-order valence-corrected chi connectivity index (χ4v) is 3.75. The molecule has 30 heavy (non-hydrogen) atoms. The van der Waals surface area contributed by atoms with Crippen LogP contribution in [0, 0.1) is 5.82 Å². The lowest BCUT2D eigenvalue weighted by Crippen LogP contribution is -2.18. The van der Waals surface area contributed by atoms with Crippen LogP contribution in [0.2, 0.25) is 0 Å². The maximum absolute atomic E-state index is 13.4. The number of anilines is 1. The number of halogens is 1. The zero-order valence-corrected chi connectivity index (χ0v) is 16.8. The van der Waals surface area contributed by atoms with E-state index < -0.39 is 15.8 Å². The third-order valence-electron chi connectivity index (χ3n) is 4.47. The van der Waals surface area contributed by atoms with Crippen LogP contribution in [0.1, 0.15) is 10.4 Å². The number of amides is 1. The minimum Gasteiger partial charge on any atom is -0.472 e. The first-order valence-electron chi connectivity index (χ1n) is 8.81. The Labute approximate surface area is 171 Å². The second-order valence-corrected chi connectivity index (χ2v) is 8.37. The second-order valence-electron chi connectivity index (χ2n) is 6.63. The molecule has 0 fully saturated rings. The van der Waals surface area contributed by atoms with Crippen LogP contribution in [-0.2, 0) is 10.0 Å². The minimum atomic E-state index is -3.58. The Kier molecular flexibility index (Phi) is 4.78. The van der Waals surface area contributed by atoms with Crippen molar-refractivity contribution in [1.82, 2.24) is 14.9 Å². The highest BCUT2D eigenvalue weighted by atomic mass is 32.2. The zero-order valence-electron chi connectivity index (χ0n) is 16.0. The van der Waals surface area contributed by atoms with Crippen molar-refractivity contribution in [1.29, 1.82) is 0 Å². The number of nitrogens with zero attached hydrogens (tertiary/aromatic N) is 2. The average molecular weight is 428 g/mol. The molecule has 0 aliphatic carbocycles. The van der Waals surface area contributed by atoms with Gasteiger partial charge in [0.25, 0.3) is 5.91 Å². The maximum Gasteiger partial charge on any atom is 0.255 e. The Morgan fingerprint density at radius 1 is 1.17 bits per heavy atom. The molecule has 4 aromatic rings. The second kappa shape index (κ2) is 7.30. The third kappa shape index (κ3) is 3.64. The molecule has 2 N–H and O–H groups in total. The first-order valence-corrected chi connectivity index (χ1v) is 10.7. The summed E-state index contributed by atoms with van der Waals surface area (Å²) in [6, 6.07) is 8.94. The Balaban J connectivity index is 2.03. The van der Waals surface area contributed by atoms with Crippen LogP contribution in [-0.4, -0.2) is 37.2 Å². The van der Waals surface area contributed by atoms with Gasteiger partial charge in [-0.3, -0.25) is 9.52 Å². The summed E-state index contributed by atoms with van der Waals surface area (Å²) in [5, 5.41) is 7.06. The molecule has 0 bridgehead atoms. The number of carbonyl (C=O) groups is 1. The zero-order chi connectivity index (χ0) is 21.5. The molecule has 10 heteroatoms. The number of aromatic nitrogens is 2. The summed E-state index contributed by atoms with van der Waals surface area (Å²) in [4.78, 5) is 12.7. The van der Waals surface area contributed by atoms with Gasteiger partial charge in [0.15, 0.2) is 0 Å². The molecule has 0 radical (unpaired) electrons. The topological polar surface area (TPSA) is 106 Å². The lowest BCUT2D eigenvalue weighted by molar-refractivity contribution is 0.0965. The van der Waals surface area contributed by atoms with Crippen LogP contribution in [0.4, 0.5) is 10.1 Å². The summed E-state index contributed by atoms with van der Waals surface area (Å²) >= 11 is 0. The van der Waals surface area contributed by atoms with Crippen molar-refractivity contribution >= 4 is 27.1 Å². The predicted molar refractivity (Wildman–Crippen MR) is 110 cm³/mol. The van der Waals surface area contributed by atoms with Crippen LogP contribution < -0.4 is 10.0 Å². The summed E-state index contributed by atoms with van der Waals surface area (Å²) in [5.74, 6) is -0.794. The van der Waals surface area contributed by atoms with Crippen molar-refractivity contribution in [3.8, 4) is 22.4 Å². The fraction of sp³-hybridized carbons (Fsp3) is 0.100. The number of nitrogens with one attached hydrogen (secondary N) is 2. The normalized spacial score (nSPS) is 11.6. The van der Waals surface area contributed by atoms with Gasteiger partial charge in [-0.2, -0.15) is 5.10 Å². The molecular weight excluding hydrogens is 411 g/mol. The van der Waals surface area contributed by atoms with Crippen molar-refractivity contribution in [3.05, 3.63) is 66.5 Å². The highest BCUT2D eigenvalue weighted by molar-refractivity contribution is 7.92. The number of fused-ring (bicyclic) bond motifs is 1. The average Bonchev–Trinajstić information content (AvgIpc) is 3.33. The SMILES string of the molecule is CNC(=O)c1c(-c2ccc(F)cc2)nn2cc(NS(C)(=O)=O)c(-c3ccoc3)cc12. The number of pyridine rings is 1. The molecule has 154 valence electrons. The summed E-state index contributed by atoms with van der Waals surface area (Å²) in [7, 11) is -2.09. The molecule has 0 aliphatic heterocycles. The van der Waals surface area contributed by atoms with Crippen LogP contribution in [0.15, 0.2) is 59.5 Å². The van der Waals surface area contributed by atoms with E-state index in [9.17, 15) is 17.6 Å². The summed E-state index contributed by atoms with van der Waals surface area (Å²) in [5.41, 5.74) is 3.00. The van der Waals surface area contributed by atoms with Gasteiger partial charge in [-0.15, -0.1) is 0 Å². The smallest absolute Gasteiger partial charge is 0.255 e. The van der Waals surface area contributed by atoms with E-state index in [0.717, 1.165) is 6.26 Å². The van der Waals surface area contributed by atoms with E-state index in [0.29, 0.717) is 27.9 Å². The number of hydrogen-bond donors (Lipinski definition) is 2. The highest BCUT2D eigenvalue weighted by Gasteiger charge is 2.23. The molecule has 3 aromatic heterocycles. The Bertz CT molecular complexity index is 1340. The van der Waals surface area contributed by atoms with Gasteiger partial charge in [-0.25, -0.2) is 17.3 Å². The quantitative estimate of drug-likeness (QED) is 0.508. The number of rotatable bonds is 5. The largest absolute Gasteiger partial charge is 0.472 e. The molecule has 1 aromatic carbocycles. The lowest BCUT2D eigenvalue weighted by atomic mass is 10.0. The molecule has 0 aliphatic rings. The van der Waals surface area contributed by atoms with E-state index in [-0.39, 0.29) is 17.2 Å². The van der Waals surface area contributed by atoms with Gasteiger partial charge in [0, 0.05) is 23.7 Å². The van der Waals surface area contributed by atoms with Gasteiger partial charge in [0.05, 0.1) is 41.7 Å². The standard InChI is InChI=1S/C20H17FN4O4S/c1-22-20(26)18-17-9-15(13-7-8-29-11-13)16(24-30(2,27)28)10-25(17)23-19(18)12-3-5-14(21)6-4-12/h3-11,24H,1-2H3,(H,22,26). The Morgan fingerprint density at radius 3 is 2.50 bits per heavy atom. The first kappa shape index (κ1) is 19.6. The number of sulfonamides is 1. The lowest BCUT2D eigenvalue weighted by Gasteiger charge is -2.11. The summed E-state index contributed by atoms with van der Waals surface area (Å²) < 4.78 is 46.1. The van der Waals surface area contributed by atoms with E-state index in [1.165, 1.54) is 54.6 Å². The number of furan rings is 1. The number of benzene rings is 1.